The molecule has 1 fully saturated rings. The predicted octanol–water partition coefficient (Wildman–Crippen LogP) is 3.59. The molecular formula is C32H40N4O6S. The van der Waals surface area contributed by atoms with Crippen molar-refractivity contribution >= 4 is 39.3 Å². The number of hydrogen-bond donors (Lipinski definition) is 1. The van der Waals surface area contributed by atoms with E-state index in [0.29, 0.717) is 48.0 Å². The SMILES string of the molecule is COc1cc2sc(CNC(=O)C3(CC(=O)OC(C)(C)C)Cc4ccccc4C3)nc2cc1OCC(=O)N1CCN(C)CC1. The van der Waals surface area contributed by atoms with Crippen molar-refractivity contribution in [1.29, 1.82) is 0 Å². The van der Waals surface area contributed by atoms with Crippen molar-refractivity contribution in [3.05, 3.63) is 52.5 Å². The van der Waals surface area contributed by atoms with Crippen LogP contribution in [0, 0.1) is 5.41 Å². The Bertz CT molecular complexity index is 1480. The quantitative estimate of drug-likeness (QED) is 0.367. The lowest BCUT2D eigenvalue weighted by Crippen LogP contribution is -2.48. The van der Waals surface area contributed by atoms with E-state index in [-0.39, 0.29) is 37.4 Å². The van der Waals surface area contributed by atoms with Gasteiger partial charge in [0.15, 0.2) is 18.1 Å². The summed E-state index contributed by atoms with van der Waals surface area (Å²) >= 11 is 1.44. The van der Waals surface area contributed by atoms with Crippen molar-refractivity contribution in [2.75, 3.05) is 46.9 Å². The van der Waals surface area contributed by atoms with E-state index in [4.69, 9.17) is 19.2 Å². The zero-order valence-electron chi connectivity index (χ0n) is 25.5. The van der Waals surface area contributed by atoms with Gasteiger partial charge in [-0.05, 0) is 51.8 Å². The molecular weight excluding hydrogens is 568 g/mol. The molecule has 0 radical (unpaired) electrons. The first-order chi connectivity index (χ1) is 20.4. The Morgan fingerprint density at radius 1 is 1.02 bits per heavy atom. The number of ether oxygens (including phenoxy) is 3. The van der Waals surface area contributed by atoms with Gasteiger partial charge in [0, 0.05) is 38.3 Å². The van der Waals surface area contributed by atoms with E-state index in [1.165, 1.54) is 11.3 Å². The summed E-state index contributed by atoms with van der Waals surface area (Å²) in [5.41, 5.74) is 1.28. The van der Waals surface area contributed by atoms with E-state index in [2.05, 4.69) is 10.2 Å². The smallest absolute Gasteiger partial charge is 0.307 e. The van der Waals surface area contributed by atoms with Gasteiger partial charge in [-0.15, -0.1) is 11.3 Å². The summed E-state index contributed by atoms with van der Waals surface area (Å²) in [6.07, 6.45) is 0.938. The Balaban J connectivity index is 1.27. The van der Waals surface area contributed by atoms with Crippen molar-refractivity contribution in [2.24, 2.45) is 5.41 Å². The van der Waals surface area contributed by atoms with Crippen LogP contribution in [-0.2, 0) is 38.5 Å². The van der Waals surface area contributed by atoms with Crippen LogP contribution in [0.3, 0.4) is 0 Å². The number of benzene rings is 2. The number of carbonyl (C=O) groups is 3. The molecule has 11 heteroatoms. The van der Waals surface area contributed by atoms with Crippen molar-refractivity contribution in [3.8, 4) is 11.5 Å². The lowest BCUT2D eigenvalue weighted by Gasteiger charge is -2.32. The Labute approximate surface area is 256 Å². The maximum Gasteiger partial charge on any atom is 0.307 e. The second-order valence-electron chi connectivity index (χ2n) is 12.4. The fourth-order valence-electron chi connectivity index (χ4n) is 5.68. The highest BCUT2D eigenvalue weighted by Crippen LogP contribution is 2.41. The summed E-state index contributed by atoms with van der Waals surface area (Å²) < 4.78 is 17.9. The summed E-state index contributed by atoms with van der Waals surface area (Å²) in [7, 11) is 3.60. The maximum absolute atomic E-state index is 13.8. The number of amides is 2. The van der Waals surface area contributed by atoms with Crippen LogP contribution in [-0.4, -0.2) is 85.1 Å². The van der Waals surface area contributed by atoms with Gasteiger partial charge < -0.3 is 29.3 Å². The molecule has 1 aromatic heterocycles. The Hall–Kier alpha value is -3.70. The molecule has 10 nitrogen and oxygen atoms in total. The summed E-state index contributed by atoms with van der Waals surface area (Å²) in [5, 5.41) is 3.76. The third-order valence-corrected chi connectivity index (χ3v) is 8.90. The van der Waals surface area contributed by atoms with Gasteiger partial charge in [-0.2, -0.15) is 0 Å². The highest BCUT2D eigenvalue weighted by molar-refractivity contribution is 7.18. The highest BCUT2D eigenvalue weighted by atomic mass is 32.1. The zero-order valence-corrected chi connectivity index (χ0v) is 26.3. The van der Waals surface area contributed by atoms with Gasteiger partial charge in [0.2, 0.25) is 5.91 Å². The van der Waals surface area contributed by atoms with E-state index in [9.17, 15) is 14.4 Å². The van der Waals surface area contributed by atoms with Crippen LogP contribution in [0.25, 0.3) is 10.2 Å². The van der Waals surface area contributed by atoms with Gasteiger partial charge in [0.25, 0.3) is 5.91 Å². The number of rotatable bonds is 9. The van der Waals surface area contributed by atoms with Crippen LogP contribution in [0.4, 0.5) is 0 Å². The monoisotopic (exact) mass is 608 g/mol. The van der Waals surface area contributed by atoms with Crippen LogP contribution >= 0.6 is 11.3 Å². The molecule has 1 N–H and O–H groups in total. The van der Waals surface area contributed by atoms with Gasteiger partial charge in [0.05, 0.1) is 35.7 Å². The molecule has 2 aromatic carbocycles. The second kappa shape index (κ2) is 12.5. The molecule has 1 aliphatic heterocycles. The number of methoxy groups -OCH3 is 1. The van der Waals surface area contributed by atoms with E-state index in [1.54, 1.807) is 13.2 Å². The predicted molar refractivity (Wildman–Crippen MR) is 164 cm³/mol. The zero-order chi connectivity index (χ0) is 30.8. The van der Waals surface area contributed by atoms with E-state index < -0.39 is 11.0 Å². The van der Waals surface area contributed by atoms with E-state index in [0.717, 1.165) is 28.9 Å². The Morgan fingerprint density at radius 3 is 2.33 bits per heavy atom. The van der Waals surface area contributed by atoms with Crippen LogP contribution in [0.1, 0.15) is 43.3 Å². The number of nitrogens with zero attached hydrogens (tertiary/aromatic N) is 3. The number of piperazine rings is 1. The van der Waals surface area contributed by atoms with Gasteiger partial charge in [-0.1, -0.05) is 24.3 Å². The number of thiazole rings is 1. The molecule has 0 atom stereocenters. The molecule has 2 heterocycles. The lowest BCUT2D eigenvalue weighted by atomic mass is 9.80. The molecule has 230 valence electrons. The first-order valence-electron chi connectivity index (χ1n) is 14.6. The van der Waals surface area contributed by atoms with Gasteiger partial charge in [-0.25, -0.2) is 4.98 Å². The van der Waals surface area contributed by atoms with Gasteiger partial charge in [0.1, 0.15) is 10.6 Å². The minimum absolute atomic E-state index is 0.00459. The lowest BCUT2D eigenvalue weighted by molar-refractivity contribution is -0.160. The van der Waals surface area contributed by atoms with Gasteiger partial charge >= 0.3 is 5.97 Å². The van der Waals surface area contributed by atoms with Crippen LogP contribution < -0.4 is 14.8 Å². The number of likely N-dealkylation sites (N-methyl/N-ethyl adjacent to an activating group) is 1. The first-order valence-corrected chi connectivity index (χ1v) is 15.4. The van der Waals surface area contributed by atoms with E-state index in [1.807, 2.05) is 63.1 Å². The van der Waals surface area contributed by atoms with Crippen LogP contribution in [0.5, 0.6) is 11.5 Å². The molecule has 0 unspecified atom stereocenters. The molecule has 0 spiro atoms. The summed E-state index contributed by atoms with van der Waals surface area (Å²) in [5.74, 6) is 0.307. The summed E-state index contributed by atoms with van der Waals surface area (Å²) in [4.78, 5) is 48.1. The molecule has 2 amide bonds. The van der Waals surface area contributed by atoms with E-state index >= 15 is 0 Å². The molecule has 5 rings (SSSR count). The maximum atomic E-state index is 13.8. The number of fused-ring (bicyclic) bond motifs is 2. The number of hydrogen-bond acceptors (Lipinski definition) is 9. The highest BCUT2D eigenvalue weighted by Gasteiger charge is 2.46. The average molecular weight is 609 g/mol. The normalized spacial score (nSPS) is 16.5. The van der Waals surface area contributed by atoms with Gasteiger partial charge in [-0.3, -0.25) is 14.4 Å². The molecule has 43 heavy (non-hydrogen) atoms. The number of carbonyl (C=O) groups excluding carboxylic acids is 3. The standard InChI is InChI=1S/C32H40N4O6S/c1-31(2,3)42-29(38)18-32(16-21-8-6-7-9-22(21)17-32)30(39)33-19-27-34-23-14-25(24(40-5)15-26(23)43-27)41-20-28(37)36-12-10-35(4)11-13-36/h6-9,14-15H,10-13,16-20H2,1-5H3,(H,33,39). The van der Waals surface area contributed by atoms with Crippen molar-refractivity contribution < 1.29 is 28.6 Å². The van der Waals surface area contributed by atoms with Crippen molar-refractivity contribution in [1.82, 2.24) is 20.1 Å². The molecule has 1 aliphatic carbocycles. The number of aromatic nitrogens is 1. The Morgan fingerprint density at radius 2 is 1.70 bits per heavy atom. The average Bonchev–Trinajstić information content (AvgIpc) is 3.54. The van der Waals surface area contributed by atoms with Crippen molar-refractivity contribution in [3.63, 3.8) is 0 Å². The number of esters is 1. The first kappa shape index (κ1) is 30.7. The minimum atomic E-state index is -0.927. The summed E-state index contributed by atoms with van der Waals surface area (Å²) in [6.45, 7) is 8.65. The molecule has 0 saturated carbocycles. The second-order valence-corrected chi connectivity index (χ2v) is 13.5. The van der Waals surface area contributed by atoms with Crippen LogP contribution in [0.15, 0.2) is 36.4 Å². The third kappa shape index (κ3) is 7.27. The Kier molecular flexibility index (Phi) is 8.94. The fourth-order valence-corrected chi connectivity index (χ4v) is 6.59. The molecule has 2 aliphatic rings. The third-order valence-electron chi connectivity index (χ3n) is 7.89. The fraction of sp³-hybridized carbons (Fsp3) is 0.500. The van der Waals surface area contributed by atoms with Crippen molar-refractivity contribution in [2.45, 2.75) is 52.2 Å². The topological polar surface area (TPSA) is 110 Å². The summed E-state index contributed by atoms with van der Waals surface area (Å²) in [6, 6.07) is 11.5. The molecule has 1 saturated heterocycles. The largest absolute Gasteiger partial charge is 0.493 e. The molecule has 0 bridgehead atoms. The minimum Gasteiger partial charge on any atom is -0.493 e. The van der Waals surface area contributed by atoms with Crippen LogP contribution in [0.2, 0.25) is 0 Å². The molecule has 3 aromatic rings. The number of nitrogens with one attached hydrogen (secondary N) is 1.